The SMILES string of the molecule is CC(C)(C)OC(=O)N1C(=O)C(C)(COC2CCCCO2)CC1Cc1ccc(-c2cc(Cl)ccc2F)cc1. The number of likely N-dealkylation sites (tertiary alicyclic amines) is 1. The van der Waals surface area contributed by atoms with Crippen molar-refractivity contribution in [2.24, 2.45) is 5.41 Å². The molecular formula is C29H35ClFNO5. The number of hydrogen-bond donors (Lipinski definition) is 0. The van der Waals surface area contributed by atoms with E-state index in [4.69, 9.17) is 25.8 Å². The molecule has 0 N–H and O–H groups in total. The van der Waals surface area contributed by atoms with E-state index in [1.54, 1.807) is 26.8 Å². The molecule has 2 aromatic rings. The summed E-state index contributed by atoms with van der Waals surface area (Å²) < 4.78 is 31.6. The number of ether oxygens (including phenoxy) is 3. The molecule has 6 nitrogen and oxygen atoms in total. The van der Waals surface area contributed by atoms with Gasteiger partial charge >= 0.3 is 6.09 Å². The van der Waals surface area contributed by atoms with Crippen molar-refractivity contribution in [3.63, 3.8) is 0 Å². The van der Waals surface area contributed by atoms with Crippen LogP contribution in [0.15, 0.2) is 42.5 Å². The van der Waals surface area contributed by atoms with Crippen molar-refractivity contribution in [1.29, 1.82) is 0 Å². The van der Waals surface area contributed by atoms with Gasteiger partial charge in [0.2, 0.25) is 5.91 Å². The van der Waals surface area contributed by atoms with E-state index in [0.717, 1.165) is 24.8 Å². The van der Waals surface area contributed by atoms with Gasteiger partial charge in [0.05, 0.1) is 12.0 Å². The topological polar surface area (TPSA) is 65.1 Å². The molecule has 2 aromatic carbocycles. The van der Waals surface area contributed by atoms with E-state index in [-0.39, 0.29) is 24.6 Å². The summed E-state index contributed by atoms with van der Waals surface area (Å²) in [6.45, 7) is 7.97. The van der Waals surface area contributed by atoms with Crippen molar-refractivity contribution >= 4 is 23.6 Å². The maximum atomic E-state index is 14.3. The number of halogens is 2. The van der Waals surface area contributed by atoms with Gasteiger partial charge in [-0.2, -0.15) is 0 Å². The predicted molar refractivity (Wildman–Crippen MR) is 140 cm³/mol. The highest BCUT2D eigenvalue weighted by Gasteiger charge is 2.52. The van der Waals surface area contributed by atoms with Crippen LogP contribution in [-0.2, 0) is 25.4 Å². The summed E-state index contributed by atoms with van der Waals surface area (Å²) in [5.41, 5.74) is 0.404. The number of carbonyl (C=O) groups excluding carboxylic acids is 2. The maximum absolute atomic E-state index is 14.3. The molecule has 4 rings (SSSR count). The molecule has 3 atom stereocenters. The zero-order valence-corrected chi connectivity index (χ0v) is 22.6. The minimum Gasteiger partial charge on any atom is -0.443 e. The van der Waals surface area contributed by atoms with E-state index in [2.05, 4.69) is 0 Å². The second kappa shape index (κ2) is 11.1. The van der Waals surface area contributed by atoms with Crippen LogP contribution in [0.1, 0.15) is 58.9 Å². The first kappa shape index (κ1) is 27.6. The normalized spacial score (nSPS) is 24.4. The lowest BCUT2D eigenvalue weighted by Gasteiger charge is -2.29. The minimum atomic E-state index is -0.883. The van der Waals surface area contributed by atoms with Gasteiger partial charge in [-0.1, -0.05) is 35.9 Å². The van der Waals surface area contributed by atoms with Crippen LogP contribution >= 0.6 is 11.6 Å². The van der Waals surface area contributed by atoms with Crippen LogP contribution in [0.2, 0.25) is 5.02 Å². The third-order valence-electron chi connectivity index (χ3n) is 6.77. The summed E-state index contributed by atoms with van der Waals surface area (Å²) in [7, 11) is 0. The van der Waals surface area contributed by atoms with E-state index in [0.29, 0.717) is 35.6 Å². The molecule has 200 valence electrons. The number of nitrogens with zero attached hydrogens (tertiary/aromatic N) is 1. The lowest BCUT2D eigenvalue weighted by Crippen LogP contribution is -2.45. The highest BCUT2D eigenvalue weighted by molar-refractivity contribution is 6.30. The van der Waals surface area contributed by atoms with Gasteiger partial charge in [-0.25, -0.2) is 14.1 Å². The Morgan fingerprint density at radius 3 is 2.57 bits per heavy atom. The standard InChI is InChI=1S/C29H35ClFNO5/c1-28(2,3)37-27(34)32-22(17-29(4,26(32)33)18-36-25-7-5-6-14-35-25)15-19-8-10-20(11-9-19)23-16-21(30)12-13-24(23)31/h8-13,16,22,25H,5-7,14-15,17-18H2,1-4H3. The molecule has 3 unspecified atom stereocenters. The van der Waals surface area contributed by atoms with E-state index < -0.39 is 23.2 Å². The number of benzene rings is 2. The van der Waals surface area contributed by atoms with Crippen molar-refractivity contribution in [3.05, 3.63) is 58.9 Å². The van der Waals surface area contributed by atoms with E-state index in [9.17, 15) is 14.0 Å². The van der Waals surface area contributed by atoms with Gasteiger partial charge in [0.25, 0.3) is 0 Å². The van der Waals surface area contributed by atoms with Gasteiger partial charge in [0.1, 0.15) is 11.4 Å². The van der Waals surface area contributed by atoms with Crippen LogP contribution in [0.4, 0.5) is 9.18 Å². The summed E-state index contributed by atoms with van der Waals surface area (Å²) in [4.78, 5) is 28.0. The van der Waals surface area contributed by atoms with Gasteiger partial charge < -0.3 is 14.2 Å². The quantitative estimate of drug-likeness (QED) is 0.411. The van der Waals surface area contributed by atoms with Crippen LogP contribution in [-0.4, -0.2) is 48.0 Å². The molecule has 2 fully saturated rings. The molecule has 2 aliphatic heterocycles. The fraction of sp³-hybridized carbons (Fsp3) is 0.517. The minimum absolute atomic E-state index is 0.166. The molecule has 2 saturated heterocycles. The van der Waals surface area contributed by atoms with Crippen LogP contribution in [0.3, 0.4) is 0 Å². The monoisotopic (exact) mass is 531 g/mol. The summed E-state index contributed by atoms with van der Waals surface area (Å²) in [6, 6.07) is 11.5. The largest absolute Gasteiger partial charge is 0.443 e. The molecule has 37 heavy (non-hydrogen) atoms. The van der Waals surface area contributed by atoms with E-state index in [1.165, 1.54) is 17.0 Å². The second-order valence-electron chi connectivity index (χ2n) is 11.2. The first-order valence-electron chi connectivity index (χ1n) is 12.8. The van der Waals surface area contributed by atoms with Gasteiger partial charge in [0, 0.05) is 23.2 Å². The molecule has 0 saturated carbocycles. The van der Waals surface area contributed by atoms with Crippen LogP contribution in [0.5, 0.6) is 0 Å². The predicted octanol–water partition coefficient (Wildman–Crippen LogP) is 6.77. The molecule has 2 aliphatic rings. The van der Waals surface area contributed by atoms with Crippen LogP contribution in [0, 0.1) is 11.2 Å². The lowest BCUT2D eigenvalue weighted by atomic mass is 9.86. The Labute approximate surface area is 223 Å². The van der Waals surface area contributed by atoms with Crippen LogP contribution < -0.4 is 0 Å². The molecule has 0 aliphatic carbocycles. The van der Waals surface area contributed by atoms with Gasteiger partial charge in [0.15, 0.2) is 6.29 Å². The van der Waals surface area contributed by atoms with Crippen molar-refractivity contribution < 1.29 is 28.2 Å². The highest BCUT2D eigenvalue weighted by atomic mass is 35.5. The fourth-order valence-corrected chi connectivity index (χ4v) is 5.09. The second-order valence-corrected chi connectivity index (χ2v) is 11.6. The molecular weight excluding hydrogens is 497 g/mol. The Hall–Kier alpha value is -2.48. The van der Waals surface area contributed by atoms with E-state index >= 15 is 0 Å². The molecule has 0 bridgehead atoms. The first-order chi connectivity index (χ1) is 17.4. The van der Waals surface area contributed by atoms with E-state index in [1.807, 2.05) is 31.2 Å². The zero-order chi connectivity index (χ0) is 26.8. The Bertz CT molecular complexity index is 1130. The van der Waals surface area contributed by atoms with Crippen molar-refractivity contribution in [3.8, 4) is 11.1 Å². The summed E-state index contributed by atoms with van der Waals surface area (Å²) in [5.74, 6) is -0.660. The number of amides is 2. The summed E-state index contributed by atoms with van der Waals surface area (Å²) >= 11 is 6.05. The summed E-state index contributed by atoms with van der Waals surface area (Å²) in [6.07, 6.45) is 2.72. The highest BCUT2D eigenvalue weighted by Crippen LogP contribution is 2.39. The number of imide groups is 1. The first-order valence-corrected chi connectivity index (χ1v) is 13.2. The molecule has 8 heteroatoms. The Morgan fingerprint density at radius 1 is 1.19 bits per heavy atom. The number of carbonyl (C=O) groups is 2. The Kier molecular flexibility index (Phi) is 8.26. The smallest absolute Gasteiger partial charge is 0.417 e. The Balaban J connectivity index is 1.53. The zero-order valence-electron chi connectivity index (χ0n) is 21.9. The molecule has 0 radical (unpaired) electrons. The number of rotatable bonds is 6. The van der Waals surface area contributed by atoms with Crippen molar-refractivity contribution in [1.82, 2.24) is 4.90 Å². The molecule has 0 aromatic heterocycles. The molecule has 0 spiro atoms. The molecule has 2 amide bonds. The van der Waals surface area contributed by atoms with Gasteiger partial charge in [-0.3, -0.25) is 4.79 Å². The maximum Gasteiger partial charge on any atom is 0.417 e. The average molecular weight is 532 g/mol. The fourth-order valence-electron chi connectivity index (χ4n) is 4.91. The Morgan fingerprint density at radius 2 is 1.92 bits per heavy atom. The van der Waals surface area contributed by atoms with Crippen LogP contribution in [0.25, 0.3) is 11.1 Å². The van der Waals surface area contributed by atoms with Gasteiger partial charge in [-0.05, 0) is 89.1 Å². The van der Waals surface area contributed by atoms with Gasteiger partial charge in [-0.15, -0.1) is 0 Å². The number of hydrogen-bond acceptors (Lipinski definition) is 5. The summed E-state index contributed by atoms with van der Waals surface area (Å²) in [5, 5.41) is 0.457. The third-order valence-corrected chi connectivity index (χ3v) is 7.00. The van der Waals surface area contributed by atoms with Crippen molar-refractivity contribution in [2.45, 2.75) is 77.7 Å². The third kappa shape index (κ3) is 6.70. The average Bonchev–Trinajstić information content (AvgIpc) is 3.09. The lowest BCUT2D eigenvalue weighted by molar-refractivity contribution is -0.179. The molecule has 2 heterocycles. The van der Waals surface area contributed by atoms with Crippen molar-refractivity contribution in [2.75, 3.05) is 13.2 Å².